The minimum absolute atomic E-state index is 0.0528. The van der Waals surface area contributed by atoms with E-state index in [0.29, 0.717) is 5.02 Å². The molecule has 3 heterocycles. The van der Waals surface area contributed by atoms with Gasteiger partial charge >= 0.3 is 5.69 Å². The molecule has 2 aromatic heterocycles. The van der Waals surface area contributed by atoms with E-state index in [4.69, 9.17) is 16.6 Å². The van der Waals surface area contributed by atoms with E-state index in [0.717, 1.165) is 60.5 Å². The van der Waals surface area contributed by atoms with Gasteiger partial charge in [0.05, 0.1) is 22.4 Å². The lowest BCUT2D eigenvalue weighted by atomic mass is 10.0. The molecule has 1 fully saturated rings. The molecule has 1 aliphatic heterocycles. The molecule has 0 saturated carbocycles. The van der Waals surface area contributed by atoms with Gasteiger partial charge in [-0.05, 0) is 43.2 Å². The summed E-state index contributed by atoms with van der Waals surface area (Å²) in [6, 6.07) is 22.3. The van der Waals surface area contributed by atoms with E-state index in [1.165, 1.54) is 0 Å². The minimum atomic E-state index is -0.0528. The predicted octanol–water partition coefficient (Wildman–Crippen LogP) is 4.88. The van der Waals surface area contributed by atoms with Gasteiger partial charge in [-0.1, -0.05) is 48.0 Å². The summed E-state index contributed by atoms with van der Waals surface area (Å²) in [5.41, 5.74) is 4.90. The molecule has 0 bridgehead atoms. The summed E-state index contributed by atoms with van der Waals surface area (Å²) in [6.07, 6.45) is 1.88. The molecule has 2 aromatic carbocycles. The van der Waals surface area contributed by atoms with Crippen molar-refractivity contribution in [3.63, 3.8) is 0 Å². The van der Waals surface area contributed by atoms with Crippen molar-refractivity contribution in [3.05, 3.63) is 87.9 Å². The van der Waals surface area contributed by atoms with E-state index in [9.17, 15) is 4.79 Å². The van der Waals surface area contributed by atoms with E-state index in [-0.39, 0.29) is 11.7 Å². The van der Waals surface area contributed by atoms with Crippen LogP contribution < -0.4 is 5.69 Å². The first-order chi connectivity index (χ1) is 14.7. The molecule has 0 amide bonds. The Bertz CT molecular complexity index is 1220. The fourth-order valence-corrected chi connectivity index (χ4v) is 4.54. The van der Waals surface area contributed by atoms with Gasteiger partial charge < -0.3 is 4.98 Å². The van der Waals surface area contributed by atoms with Crippen LogP contribution in [0.3, 0.4) is 0 Å². The van der Waals surface area contributed by atoms with Gasteiger partial charge in [-0.2, -0.15) is 0 Å². The molecule has 5 rings (SSSR count). The summed E-state index contributed by atoms with van der Waals surface area (Å²) in [5.74, 6) is 0. The number of nitrogens with zero attached hydrogens (tertiary/aromatic N) is 3. The lowest BCUT2D eigenvalue weighted by Crippen LogP contribution is -2.36. The summed E-state index contributed by atoms with van der Waals surface area (Å²) in [4.78, 5) is 22.7. The van der Waals surface area contributed by atoms with Gasteiger partial charge in [-0.25, -0.2) is 4.79 Å². The molecule has 1 aliphatic rings. The van der Waals surface area contributed by atoms with Crippen molar-refractivity contribution in [1.82, 2.24) is 19.4 Å². The lowest BCUT2D eigenvalue weighted by Gasteiger charge is -2.32. The number of hydrogen-bond acceptors (Lipinski definition) is 3. The third-order valence-electron chi connectivity index (χ3n) is 5.86. The van der Waals surface area contributed by atoms with Gasteiger partial charge in [0.25, 0.3) is 0 Å². The number of halogens is 1. The quantitative estimate of drug-likeness (QED) is 0.513. The second-order valence-corrected chi connectivity index (χ2v) is 8.29. The first kappa shape index (κ1) is 19.1. The Labute approximate surface area is 179 Å². The summed E-state index contributed by atoms with van der Waals surface area (Å²) in [7, 11) is 0. The summed E-state index contributed by atoms with van der Waals surface area (Å²) >= 11 is 6.07. The van der Waals surface area contributed by atoms with Crippen molar-refractivity contribution in [1.29, 1.82) is 0 Å². The van der Waals surface area contributed by atoms with Crippen LogP contribution in [0.2, 0.25) is 5.02 Å². The van der Waals surface area contributed by atoms with E-state index in [1.54, 1.807) is 0 Å². The predicted molar refractivity (Wildman–Crippen MR) is 121 cm³/mol. The van der Waals surface area contributed by atoms with Crippen molar-refractivity contribution in [2.75, 3.05) is 13.1 Å². The number of imidazole rings is 1. The Balaban J connectivity index is 1.28. The maximum absolute atomic E-state index is 12.5. The molecule has 0 aliphatic carbocycles. The Morgan fingerprint density at radius 3 is 2.60 bits per heavy atom. The Morgan fingerprint density at radius 2 is 1.80 bits per heavy atom. The molecular formula is C24H23ClN4O. The first-order valence-electron chi connectivity index (χ1n) is 10.3. The zero-order valence-electron chi connectivity index (χ0n) is 16.6. The molecule has 0 atom stereocenters. The molecule has 30 heavy (non-hydrogen) atoms. The Morgan fingerprint density at radius 1 is 1.00 bits per heavy atom. The van der Waals surface area contributed by atoms with Crippen molar-refractivity contribution in [2.45, 2.75) is 25.4 Å². The number of aromatic nitrogens is 3. The topological polar surface area (TPSA) is 53.9 Å². The van der Waals surface area contributed by atoms with Gasteiger partial charge in [0.2, 0.25) is 0 Å². The number of fused-ring (bicyclic) bond motifs is 1. The van der Waals surface area contributed by atoms with Crippen LogP contribution in [0.4, 0.5) is 0 Å². The van der Waals surface area contributed by atoms with Gasteiger partial charge in [0.1, 0.15) is 0 Å². The fraction of sp³-hybridized carbons (Fsp3) is 0.250. The molecular weight excluding hydrogens is 396 g/mol. The van der Waals surface area contributed by atoms with Gasteiger partial charge in [-0.15, -0.1) is 0 Å². The number of H-pyrrole nitrogens is 1. The van der Waals surface area contributed by atoms with Crippen molar-refractivity contribution in [2.24, 2.45) is 0 Å². The number of hydrogen-bond donors (Lipinski definition) is 1. The minimum Gasteiger partial charge on any atom is -0.305 e. The second-order valence-electron chi connectivity index (χ2n) is 7.85. The zero-order chi connectivity index (χ0) is 20.5. The number of benzene rings is 2. The largest absolute Gasteiger partial charge is 0.326 e. The van der Waals surface area contributed by atoms with Crippen LogP contribution in [0.1, 0.15) is 24.6 Å². The Kier molecular flexibility index (Phi) is 5.15. The first-order valence-corrected chi connectivity index (χ1v) is 10.7. The third-order valence-corrected chi connectivity index (χ3v) is 6.10. The third kappa shape index (κ3) is 3.78. The zero-order valence-corrected chi connectivity index (χ0v) is 17.3. The molecule has 4 aromatic rings. The average molecular weight is 419 g/mol. The van der Waals surface area contributed by atoms with Crippen LogP contribution in [0.15, 0.2) is 71.5 Å². The van der Waals surface area contributed by atoms with E-state index in [2.05, 4.69) is 40.2 Å². The summed E-state index contributed by atoms with van der Waals surface area (Å²) < 4.78 is 1.90. The van der Waals surface area contributed by atoms with Crippen LogP contribution >= 0.6 is 11.6 Å². The molecule has 0 spiro atoms. The highest BCUT2D eigenvalue weighted by molar-refractivity contribution is 6.31. The van der Waals surface area contributed by atoms with Gasteiger partial charge in [0, 0.05) is 36.3 Å². The van der Waals surface area contributed by atoms with Crippen LogP contribution in [0, 0.1) is 0 Å². The number of piperidine rings is 1. The fourth-order valence-electron chi connectivity index (χ4n) is 4.37. The molecule has 0 unspecified atom stereocenters. The van der Waals surface area contributed by atoms with Gasteiger partial charge in [0.15, 0.2) is 0 Å². The summed E-state index contributed by atoms with van der Waals surface area (Å²) in [5, 5.41) is 0.635. The number of likely N-dealkylation sites (tertiary alicyclic amines) is 1. The Hall–Kier alpha value is -2.89. The molecule has 6 heteroatoms. The van der Waals surface area contributed by atoms with Crippen molar-refractivity contribution in [3.8, 4) is 11.3 Å². The normalized spacial score (nSPS) is 15.6. The highest BCUT2D eigenvalue weighted by Gasteiger charge is 2.24. The average Bonchev–Trinajstić information content (AvgIpc) is 3.10. The summed E-state index contributed by atoms with van der Waals surface area (Å²) in [6.45, 7) is 2.70. The standard InChI is InChI=1S/C24H23ClN4O/c25-18-9-10-23-22(15-18)27-24(30)29(23)20-11-13-28(14-12-20)16-19-7-4-8-21(26-19)17-5-2-1-3-6-17/h1-10,15,20H,11-14,16H2,(H,27,30). The number of pyridine rings is 1. The number of aromatic amines is 1. The molecule has 5 nitrogen and oxygen atoms in total. The van der Waals surface area contributed by atoms with Crippen LogP contribution in [0.5, 0.6) is 0 Å². The van der Waals surface area contributed by atoms with Gasteiger partial charge in [-0.3, -0.25) is 14.5 Å². The monoisotopic (exact) mass is 418 g/mol. The van der Waals surface area contributed by atoms with Crippen molar-refractivity contribution >= 4 is 22.6 Å². The van der Waals surface area contributed by atoms with Crippen molar-refractivity contribution < 1.29 is 0 Å². The molecule has 0 radical (unpaired) electrons. The number of rotatable bonds is 4. The second kappa shape index (κ2) is 8.09. The molecule has 1 N–H and O–H groups in total. The van der Waals surface area contributed by atoms with E-state index in [1.807, 2.05) is 41.0 Å². The van der Waals surface area contributed by atoms with Crippen LogP contribution in [0.25, 0.3) is 22.3 Å². The molecule has 152 valence electrons. The van der Waals surface area contributed by atoms with E-state index >= 15 is 0 Å². The smallest absolute Gasteiger partial charge is 0.305 e. The number of nitrogens with one attached hydrogen (secondary N) is 1. The highest BCUT2D eigenvalue weighted by Crippen LogP contribution is 2.27. The van der Waals surface area contributed by atoms with Crippen LogP contribution in [-0.2, 0) is 6.54 Å². The maximum Gasteiger partial charge on any atom is 0.326 e. The SMILES string of the molecule is O=c1[nH]c2cc(Cl)ccc2n1C1CCN(Cc2cccc(-c3ccccc3)n2)CC1. The van der Waals surface area contributed by atoms with Crippen LogP contribution in [-0.4, -0.2) is 32.5 Å². The maximum atomic E-state index is 12.5. The van der Waals surface area contributed by atoms with E-state index < -0.39 is 0 Å². The molecule has 1 saturated heterocycles. The highest BCUT2D eigenvalue weighted by atomic mass is 35.5. The lowest BCUT2D eigenvalue weighted by molar-refractivity contribution is 0.178.